The molecule has 0 saturated heterocycles. The molecule has 2 aliphatic rings. The number of allylic oxidation sites excluding steroid dienone is 1. The van der Waals surface area contributed by atoms with Gasteiger partial charge in [0.15, 0.2) is 0 Å². The molecule has 3 aromatic rings. The van der Waals surface area contributed by atoms with Crippen molar-refractivity contribution in [2.45, 2.75) is 19.4 Å². The van der Waals surface area contributed by atoms with Gasteiger partial charge >= 0.3 is 5.97 Å². The normalized spacial score (nSPS) is 16.7. The summed E-state index contributed by atoms with van der Waals surface area (Å²) in [6.45, 7) is 2.34. The fourth-order valence-corrected chi connectivity index (χ4v) is 4.52. The van der Waals surface area contributed by atoms with Gasteiger partial charge in [0.1, 0.15) is 17.3 Å². The molecule has 0 bridgehead atoms. The Balaban J connectivity index is 1.80. The summed E-state index contributed by atoms with van der Waals surface area (Å²) in [5.41, 5.74) is 3.89. The molecule has 1 heterocycles. The second kappa shape index (κ2) is 8.84. The number of likely N-dealkylation sites (N-methyl/N-ethyl adjacent to an activating group) is 1. The highest BCUT2D eigenvalue weighted by molar-refractivity contribution is 6.05. The highest BCUT2D eigenvalue weighted by Gasteiger charge is 2.31. The molecule has 1 aliphatic heterocycles. The number of hydrogen-bond donors (Lipinski definition) is 1. The van der Waals surface area contributed by atoms with Gasteiger partial charge in [-0.1, -0.05) is 55.5 Å². The Morgan fingerprint density at radius 1 is 1.06 bits per heavy atom. The second-order valence-electron chi connectivity index (χ2n) is 8.73. The standard InChI is InChI=1S/C29H27NO4/c1-4-16-33-29(32)21-10-6-5-9-20(21)27-22-15-13-19(30(2)3)17-25(22)34-28-23(27)14-12-18-8-7-11-24(31)26(18)28/h5-15,17,19,31H,4,16H2,1-3H3. The Morgan fingerprint density at radius 3 is 2.68 bits per heavy atom. The van der Waals surface area contributed by atoms with Crippen molar-refractivity contribution in [3.8, 4) is 11.5 Å². The average molecular weight is 454 g/mol. The molecular weight excluding hydrogens is 426 g/mol. The van der Waals surface area contributed by atoms with Crippen LogP contribution in [0.15, 0.2) is 84.2 Å². The molecule has 0 radical (unpaired) electrons. The molecule has 5 nitrogen and oxygen atoms in total. The Kier molecular flexibility index (Phi) is 5.72. The Bertz CT molecular complexity index is 1380. The lowest BCUT2D eigenvalue weighted by molar-refractivity contribution is 0.0504. The third kappa shape index (κ3) is 3.68. The van der Waals surface area contributed by atoms with Crippen molar-refractivity contribution < 1.29 is 19.4 Å². The number of fused-ring (bicyclic) bond motifs is 4. The van der Waals surface area contributed by atoms with E-state index < -0.39 is 0 Å². The van der Waals surface area contributed by atoms with Crippen LogP contribution < -0.4 is 4.74 Å². The van der Waals surface area contributed by atoms with Crippen molar-refractivity contribution >= 4 is 22.3 Å². The van der Waals surface area contributed by atoms with Crippen LogP contribution in [-0.2, 0) is 4.74 Å². The van der Waals surface area contributed by atoms with Crippen molar-refractivity contribution in [1.29, 1.82) is 0 Å². The first kappa shape index (κ1) is 22.0. The van der Waals surface area contributed by atoms with Crippen LogP contribution in [0, 0.1) is 0 Å². The van der Waals surface area contributed by atoms with E-state index in [2.05, 4.69) is 23.1 Å². The first-order valence-corrected chi connectivity index (χ1v) is 11.5. The second-order valence-corrected chi connectivity index (χ2v) is 8.73. The van der Waals surface area contributed by atoms with Crippen LogP contribution in [0.3, 0.4) is 0 Å². The molecule has 1 atom stereocenters. The third-order valence-electron chi connectivity index (χ3n) is 6.22. The summed E-state index contributed by atoms with van der Waals surface area (Å²) in [5, 5.41) is 12.3. The molecule has 1 N–H and O–H groups in total. The molecule has 172 valence electrons. The number of carbonyl (C=O) groups is 1. The maximum atomic E-state index is 13.0. The molecule has 34 heavy (non-hydrogen) atoms. The number of carbonyl (C=O) groups excluding carboxylic acids is 1. The predicted octanol–water partition coefficient (Wildman–Crippen LogP) is 5.69. The minimum atomic E-state index is -0.348. The van der Waals surface area contributed by atoms with Crippen molar-refractivity contribution in [1.82, 2.24) is 4.90 Å². The highest BCUT2D eigenvalue weighted by Crippen LogP contribution is 2.48. The van der Waals surface area contributed by atoms with Gasteiger partial charge in [-0.2, -0.15) is 0 Å². The van der Waals surface area contributed by atoms with Gasteiger partial charge in [-0.25, -0.2) is 4.79 Å². The van der Waals surface area contributed by atoms with Crippen LogP contribution in [0.25, 0.3) is 16.3 Å². The molecule has 0 saturated carbocycles. The number of hydrogen-bond acceptors (Lipinski definition) is 5. The highest BCUT2D eigenvalue weighted by atomic mass is 16.5. The zero-order valence-corrected chi connectivity index (χ0v) is 19.5. The summed E-state index contributed by atoms with van der Waals surface area (Å²) in [7, 11) is 4.03. The number of phenolic OH excluding ortho intramolecular Hbond substituents is 1. The minimum Gasteiger partial charge on any atom is -0.507 e. The Hall–Kier alpha value is -3.83. The van der Waals surface area contributed by atoms with Crippen LogP contribution >= 0.6 is 0 Å². The van der Waals surface area contributed by atoms with Crippen molar-refractivity contribution in [2.75, 3.05) is 20.7 Å². The van der Waals surface area contributed by atoms with E-state index in [-0.39, 0.29) is 17.8 Å². The molecule has 0 fully saturated rings. The van der Waals surface area contributed by atoms with E-state index in [9.17, 15) is 9.90 Å². The summed E-state index contributed by atoms with van der Waals surface area (Å²) in [5.74, 6) is 1.10. The molecule has 1 unspecified atom stereocenters. The molecule has 0 spiro atoms. The zero-order chi connectivity index (χ0) is 23.8. The number of esters is 1. The van der Waals surface area contributed by atoms with E-state index in [0.29, 0.717) is 29.1 Å². The van der Waals surface area contributed by atoms with Crippen LogP contribution in [0.2, 0.25) is 0 Å². The van der Waals surface area contributed by atoms with Gasteiger partial charge in [-0.05, 0) is 55.7 Å². The van der Waals surface area contributed by atoms with E-state index in [4.69, 9.17) is 9.47 Å². The maximum absolute atomic E-state index is 13.0. The van der Waals surface area contributed by atoms with E-state index >= 15 is 0 Å². The lowest BCUT2D eigenvalue weighted by Crippen LogP contribution is -2.27. The predicted molar refractivity (Wildman–Crippen MR) is 134 cm³/mol. The van der Waals surface area contributed by atoms with Crippen LogP contribution in [0.5, 0.6) is 11.5 Å². The maximum Gasteiger partial charge on any atom is 0.338 e. The summed E-state index contributed by atoms with van der Waals surface area (Å²) < 4.78 is 12.0. The number of aromatic hydroxyl groups is 1. The minimum absolute atomic E-state index is 0.0647. The lowest BCUT2D eigenvalue weighted by atomic mass is 9.84. The summed E-state index contributed by atoms with van der Waals surface area (Å²) in [6, 6.07) is 17.0. The van der Waals surface area contributed by atoms with Crippen molar-refractivity contribution in [3.05, 3.63) is 101 Å². The monoisotopic (exact) mass is 453 g/mol. The third-order valence-corrected chi connectivity index (χ3v) is 6.22. The summed E-state index contributed by atoms with van der Waals surface area (Å²) in [6.07, 6.45) is 6.99. The Morgan fingerprint density at radius 2 is 1.88 bits per heavy atom. The smallest absolute Gasteiger partial charge is 0.338 e. The molecule has 0 aromatic heterocycles. The molecule has 5 heteroatoms. The van der Waals surface area contributed by atoms with Gasteiger partial charge in [0.25, 0.3) is 0 Å². The van der Waals surface area contributed by atoms with Crippen molar-refractivity contribution in [2.24, 2.45) is 0 Å². The van der Waals surface area contributed by atoms with E-state index in [1.54, 1.807) is 12.1 Å². The van der Waals surface area contributed by atoms with E-state index in [1.807, 2.05) is 63.5 Å². The van der Waals surface area contributed by atoms with Gasteiger partial charge < -0.3 is 14.6 Å². The topological polar surface area (TPSA) is 59.0 Å². The van der Waals surface area contributed by atoms with E-state index in [0.717, 1.165) is 34.1 Å². The molecule has 1 aliphatic carbocycles. The van der Waals surface area contributed by atoms with Gasteiger partial charge in [-0.3, -0.25) is 4.90 Å². The van der Waals surface area contributed by atoms with Crippen LogP contribution in [0.4, 0.5) is 0 Å². The molecular formula is C29H27NO4. The quantitative estimate of drug-likeness (QED) is 0.503. The lowest BCUT2D eigenvalue weighted by Gasteiger charge is -2.31. The largest absolute Gasteiger partial charge is 0.507 e. The number of ether oxygens (including phenoxy) is 2. The van der Waals surface area contributed by atoms with Gasteiger partial charge in [0.05, 0.1) is 17.6 Å². The number of rotatable bonds is 5. The SMILES string of the molecule is CCCOC(=O)c1ccccc1C1=C2C=CC(N(C)C)C=C2Oc2c1ccc1cccc(O)c21. The first-order valence-electron chi connectivity index (χ1n) is 11.5. The number of nitrogens with zero attached hydrogens (tertiary/aromatic N) is 1. The van der Waals surface area contributed by atoms with Gasteiger partial charge in [0.2, 0.25) is 0 Å². The Labute approximate surface area is 199 Å². The molecule has 3 aromatic carbocycles. The fourth-order valence-electron chi connectivity index (χ4n) is 4.52. The van der Waals surface area contributed by atoms with E-state index in [1.165, 1.54) is 0 Å². The van der Waals surface area contributed by atoms with Crippen molar-refractivity contribution in [3.63, 3.8) is 0 Å². The number of phenols is 1. The van der Waals surface area contributed by atoms with Gasteiger partial charge in [0, 0.05) is 22.8 Å². The van der Waals surface area contributed by atoms with Gasteiger partial charge in [-0.15, -0.1) is 0 Å². The summed E-state index contributed by atoms with van der Waals surface area (Å²) in [4.78, 5) is 15.1. The summed E-state index contributed by atoms with van der Waals surface area (Å²) >= 11 is 0. The van der Waals surface area contributed by atoms with Crippen LogP contribution in [-0.4, -0.2) is 42.7 Å². The number of benzene rings is 3. The molecule has 0 amide bonds. The fraction of sp³-hybridized carbons (Fsp3) is 0.207. The molecule has 5 rings (SSSR count). The first-order chi connectivity index (χ1) is 16.5. The zero-order valence-electron chi connectivity index (χ0n) is 19.5. The average Bonchev–Trinajstić information content (AvgIpc) is 2.85. The van der Waals surface area contributed by atoms with Crippen LogP contribution in [0.1, 0.15) is 34.8 Å².